The number of carbonyl (C=O) groups is 1. The number of halogens is 2. The van der Waals surface area contributed by atoms with Gasteiger partial charge in [0, 0.05) is 11.1 Å². The summed E-state index contributed by atoms with van der Waals surface area (Å²) in [5, 5.41) is 3.46. The Morgan fingerprint density at radius 2 is 2.14 bits per heavy atom. The Hall–Kier alpha value is -0.980. The molecule has 2 atom stereocenters. The van der Waals surface area contributed by atoms with E-state index in [1.54, 1.807) is 19.1 Å². The van der Waals surface area contributed by atoms with Gasteiger partial charge in [-0.15, -0.1) is 0 Å². The molecule has 1 fully saturated rings. The molecule has 1 amide bonds. The van der Waals surface area contributed by atoms with Crippen LogP contribution in [-0.2, 0) is 14.6 Å². The molecule has 0 bridgehead atoms. The molecule has 1 N–H and O–H groups in total. The summed E-state index contributed by atoms with van der Waals surface area (Å²) in [6.45, 7) is 1.57. The van der Waals surface area contributed by atoms with Crippen LogP contribution in [0, 0.1) is 0 Å². The summed E-state index contributed by atoms with van der Waals surface area (Å²) in [4.78, 5) is 12.0. The molecule has 1 aromatic rings. The highest BCUT2D eigenvalue weighted by atomic mass is 35.5. The lowest BCUT2D eigenvalue weighted by atomic mass is 10.2. The predicted octanol–water partition coefficient (Wildman–Crippen LogP) is 2.06. The molecule has 1 saturated heterocycles. The van der Waals surface area contributed by atoms with Gasteiger partial charge >= 0.3 is 0 Å². The maximum Gasteiger partial charge on any atom is 0.261 e. The summed E-state index contributed by atoms with van der Waals surface area (Å²) >= 11 is 11.7. The van der Waals surface area contributed by atoms with Crippen molar-refractivity contribution in [3.63, 3.8) is 0 Å². The lowest BCUT2D eigenvalue weighted by molar-refractivity contribution is -0.127. The summed E-state index contributed by atoms with van der Waals surface area (Å²) in [7, 11) is -3.03. The molecule has 5 nitrogen and oxygen atoms in total. The van der Waals surface area contributed by atoms with Gasteiger partial charge < -0.3 is 10.1 Å². The van der Waals surface area contributed by atoms with Crippen LogP contribution in [0.1, 0.15) is 13.3 Å². The van der Waals surface area contributed by atoms with Gasteiger partial charge in [0.25, 0.3) is 5.91 Å². The first kappa shape index (κ1) is 16.4. The Kier molecular flexibility index (Phi) is 5.01. The Labute approximate surface area is 133 Å². The second kappa shape index (κ2) is 6.42. The van der Waals surface area contributed by atoms with E-state index in [-0.39, 0.29) is 23.5 Å². The highest BCUT2D eigenvalue weighted by molar-refractivity contribution is 7.91. The van der Waals surface area contributed by atoms with Crippen LogP contribution in [0.3, 0.4) is 0 Å². The SMILES string of the molecule is C[C@@H](Oc1ccc(Cl)cc1Cl)C(=O)N[C@@H]1CCS(=O)(=O)C1. The minimum Gasteiger partial charge on any atom is -0.479 e. The molecule has 0 radical (unpaired) electrons. The quantitative estimate of drug-likeness (QED) is 0.900. The van der Waals surface area contributed by atoms with Gasteiger partial charge in [0.2, 0.25) is 0 Å². The smallest absolute Gasteiger partial charge is 0.261 e. The van der Waals surface area contributed by atoms with Crippen LogP contribution in [0.2, 0.25) is 10.0 Å². The van der Waals surface area contributed by atoms with E-state index in [9.17, 15) is 13.2 Å². The molecule has 0 aliphatic carbocycles. The van der Waals surface area contributed by atoms with Gasteiger partial charge in [-0.2, -0.15) is 0 Å². The highest BCUT2D eigenvalue weighted by Crippen LogP contribution is 2.28. The van der Waals surface area contributed by atoms with E-state index in [4.69, 9.17) is 27.9 Å². The number of nitrogens with one attached hydrogen (secondary N) is 1. The fraction of sp³-hybridized carbons (Fsp3) is 0.462. The molecule has 0 saturated carbocycles. The molecular weight excluding hydrogens is 337 g/mol. The third-order valence-corrected chi connectivity index (χ3v) is 5.44. The van der Waals surface area contributed by atoms with Crippen molar-refractivity contribution in [3.8, 4) is 5.75 Å². The van der Waals surface area contributed by atoms with Crippen molar-refractivity contribution in [2.45, 2.75) is 25.5 Å². The monoisotopic (exact) mass is 351 g/mol. The zero-order chi connectivity index (χ0) is 15.6. The van der Waals surface area contributed by atoms with E-state index in [1.165, 1.54) is 6.07 Å². The van der Waals surface area contributed by atoms with E-state index in [2.05, 4.69) is 5.32 Å². The van der Waals surface area contributed by atoms with Crippen LogP contribution in [0.15, 0.2) is 18.2 Å². The normalized spacial score (nSPS) is 21.8. The molecule has 2 rings (SSSR count). The summed E-state index contributed by atoms with van der Waals surface area (Å²) < 4.78 is 28.2. The van der Waals surface area contributed by atoms with Crippen LogP contribution >= 0.6 is 23.2 Å². The number of sulfone groups is 1. The lowest BCUT2D eigenvalue weighted by Gasteiger charge is -2.18. The van der Waals surface area contributed by atoms with Crippen LogP contribution in [0.4, 0.5) is 0 Å². The highest BCUT2D eigenvalue weighted by Gasteiger charge is 2.30. The fourth-order valence-electron chi connectivity index (χ4n) is 2.04. The predicted molar refractivity (Wildman–Crippen MR) is 81.8 cm³/mol. The van der Waals surface area contributed by atoms with E-state index in [1.807, 2.05) is 0 Å². The van der Waals surface area contributed by atoms with Crippen molar-refractivity contribution < 1.29 is 17.9 Å². The summed E-state index contributed by atoms with van der Waals surface area (Å²) in [5.41, 5.74) is 0. The summed E-state index contributed by atoms with van der Waals surface area (Å²) in [5.74, 6) is 0.0643. The van der Waals surface area contributed by atoms with Gasteiger partial charge in [-0.05, 0) is 31.5 Å². The van der Waals surface area contributed by atoms with Crippen molar-refractivity contribution in [3.05, 3.63) is 28.2 Å². The molecule has 0 aromatic heterocycles. The van der Waals surface area contributed by atoms with Gasteiger partial charge in [0.1, 0.15) is 5.75 Å². The maximum absolute atomic E-state index is 12.0. The molecular formula is C13H15Cl2NO4S. The first-order valence-corrected chi connectivity index (χ1v) is 8.97. The zero-order valence-corrected chi connectivity index (χ0v) is 13.6. The summed E-state index contributed by atoms with van der Waals surface area (Å²) in [6.07, 6.45) is -0.352. The molecule has 1 heterocycles. The van der Waals surface area contributed by atoms with Crippen molar-refractivity contribution in [2.75, 3.05) is 11.5 Å². The molecule has 8 heteroatoms. The van der Waals surface area contributed by atoms with Gasteiger partial charge in [0.15, 0.2) is 15.9 Å². The number of rotatable bonds is 4. The standard InChI is InChI=1S/C13H15Cl2NO4S/c1-8(20-12-3-2-9(14)6-11(12)15)13(17)16-10-4-5-21(18,19)7-10/h2-3,6,8,10H,4-5,7H2,1H3,(H,16,17)/t8-,10-/m1/s1. The number of amides is 1. The third-order valence-electron chi connectivity index (χ3n) is 3.15. The molecule has 116 valence electrons. The Balaban J connectivity index is 1.94. The maximum atomic E-state index is 12.0. The number of hydrogen-bond acceptors (Lipinski definition) is 4. The van der Waals surface area contributed by atoms with E-state index >= 15 is 0 Å². The van der Waals surface area contributed by atoms with Crippen LogP contribution in [0.5, 0.6) is 5.75 Å². The second-order valence-corrected chi connectivity index (χ2v) is 8.02. The van der Waals surface area contributed by atoms with Gasteiger partial charge in [0.05, 0.1) is 16.5 Å². The number of hydrogen-bond donors (Lipinski definition) is 1. The molecule has 0 spiro atoms. The van der Waals surface area contributed by atoms with Crippen molar-refractivity contribution in [2.24, 2.45) is 0 Å². The molecule has 1 aliphatic rings. The van der Waals surface area contributed by atoms with E-state index < -0.39 is 15.9 Å². The lowest BCUT2D eigenvalue weighted by Crippen LogP contribution is -2.43. The summed E-state index contributed by atoms with van der Waals surface area (Å²) in [6, 6.07) is 4.35. The molecule has 1 aromatic carbocycles. The zero-order valence-electron chi connectivity index (χ0n) is 11.3. The Morgan fingerprint density at radius 1 is 1.43 bits per heavy atom. The average molecular weight is 352 g/mol. The van der Waals surface area contributed by atoms with E-state index in [0.29, 0.717) is 22.2 Å². The van der Waals surface area contributed by atoms with Gasteiger partial charge in [-0.1, -0.05) is 23.2 Å². The van der Waals surface area contributed by atoms with Gasteiger partial charge in [-0.25, -0.2) is 8.42 Å². The number of benzene rings is 1. The first-order chi connectivity index (χ1) is 9.77. The second-order valence-electron chi connectivity index (χ2n) is 4.94. The molecule has 0 unspecified atom stereocenters. The minimum atomic E-state index is -3.03. The minimum absolute atomic E-state index is 0.0207. The Bertz CT molecular complexity index is 648. The van der Waals surface area contributed by atoms with Crippen LogP contribution < -0.4 is 10.1 Å². The molecule has 1 aliphatic heterocycles. The topological polar surface area (TPSA) is 72.5 Å². The van der Waals surface area contributed by atoms with E-state index in [0.717, 1.165) is 0 Å². The number of ether oxygens (including phenoxy) is 1. The van der Waals surface area contributed by atoms with Crippen LogP contribution in [-0.4, -0.2) is 38.0 Å². The third kappa shape index (κ3) is 4.49. The fourth-order valence-corrected chi connectivity index (χ4v) is 4.17. The largest absolute Gasteiger partial charge is 0.479 e. The van der Waals surface area contributed by atoms with Crippen LogP contribution in [0.25, 0.3) is 0 Å². The average Bonchev–Trinajstić information content (AvgIpc) is 2.72. The number of carbonyl (C=O) groups excluding carboxylic acids is 1. The molecule has 21 heavy (non-hydrogen) atoms. The van der Waals surface area contributed by atoms with Crippen molar-refractivity contribution >= 4 is 38.9 Å². The first-order valence-electron chi connectivity index (χ1n) is 6.39. The van der Waals surface area contributed by atoms with Crippen molar-refractivity contribution in [1.82, 2.24) is 5.32 Å². The van der Waals surface area contributed by atoms with Crippen molar-refractivity contribution in [1.29, 1.82) is 0 Å². The Morgan fingerprint density at radius 3 is 2.71 bits per heavy atom. The van der Waals surface area contributed by atoms with Gasteiger partial charge in [-0.3, -0.25) is 4.79 Å².